The average molecular weight is 253 g/mol. The molecular formula is C14H23NOS. The summed E-state index contributed by atoms with van der Waals surface area (Å²) < 4.78 is 0. The zero-order valence-corrected chi connectivity index (χ0v) is 11.6. The Morgan fingerprint density at radius 3 is 2.88 bits per heavy atom. The highest BCUT2D eigenvalue weighted by atomic mass is 32.1. The summed E-state index contributed by atoms with van der Waals surface area (Å²) in [5.74, 6) is 0.665. The third-order valence-electron chi connectivity index (χ3n) is 3.68. The fourth-order valence-corrected chi connectivity index (χ4v) is 3.47. The lowest BCUT2D eigenvalue weighted by Gasteiger charge is -2.16. The van der Waals surface area contributed by atoms with Crippen molar-refractivity contribution in [3.05, 3.63) is 21.9 Å². The Labute approximate surface area is 108 Å². The van der Waals surface area contributed by atoms with Crippen LogP contribution in [0.1, 0.15) is 48.9 Å². The molecule has 1 aromatic rings. The molecule has 1 aliphatic carbocycles. The third kappa shape index (κ3) is 3.54. The van der Waals surface area contributed by atoms with Crippen LogP contribution < -0.4 is 5.32 Å². The van der Waals surface area contributed by atoms with E-state index >= 15 is 0 Å². The van der Waals surface area contributed by atoms with Crippen LogP contribution in [0, 0.1) is 5.92 Å². The molecule has 0 saturated heterocycles. The van der Waals surface area contributed by atoms with Gasteiger partial charge in [0.25, 0.3) is 0 Å². The Kier molecular flexibility index (Phi) is 4.60. The summed E-state index contributed by atoms with van der Waals surface area (Å²) in [5.41, 5.74) is 0. The van der Waals surface area contributed by atoms with Crippen LogP contribution in [0.5, 0.6) is 0 Å². The molecule has 0 aromatic carbocycles. The summed E-state index contributed by atoms with van der Waals surface area (Å²) in [7, 11) is 0. The van der Waals surface area contributed by atoms with Gasteiger partial charge < -0.3 is 10.4 Å². The molecule has 0 amide bonds. The molecule has 1 heterocycles. The molecule has 0 aliphatic heterocycles. The molecule has 3 heteroatoms. The highest BCUT2D eigenvalue weighted by Crippen LogP contribution is 2.27. The molecule has 2 nitrogen and oxygen atoms in total. The molecule has 17 heavy (non-hydrogen) atoms. The van der Waals surface area contributed by atoms with Gasteiger partial charge in [0.15, 0.2) is 0 Å². The fraction of sp³-hybridized carbons (Fsp3) is 0.714. The molecule has 0 spiro atoms. The minimum absolute atomic E-state index is 0.0504. The highest BCUT2D eigenvalue weighted by molar-refractivity contribution is 7.12. The SMILES string of the molecule is CCc1ccc(C(C)NCC2CCC(O)C2)s1. The summed E-state index contributed by atoms with van der Waals surface area (Å²) in [4.78, 5) is 2.89. The van der Waals surface area contributed by atoms with E-state index in [9.17, 15) is 5.11 Å². The highest BCUT2D eigenvalue weighted by Gasteiger charge is 2.23. The Morgan fingerprint density at radius 2 is 2.29 bits per heavy atom. The normalized spacial score (nSPS) is 26.3. The lowest BCUT2D eigenvalue weighted by Crippen LogP contribution is -2.24. The summed E-state index contributed by atoms with van der Waals surface area (Å²) in [6.45, 7) is 5.47. The smallest absolute Gasteiger partial charge is 0.0543 e. The van der Waals surface area contributed by atoms with Crippen molar-refractivity contribution in [1.82, 2.24) is 5.32 Å². The molecule has 0 radical (unpaired) electrons. The molecule has 1 fully saturated rings. The van der Waals surface area contributed by atoms with Gasteiger partial charge in [-0.2, -0.15) is 0 Å². The van der Waals surface area contributed by atoms with Crippen LogP contribution in [-0.4, -0.2) is 17.8 Å². The lowest BCUT2D eigenvalue weighted by atomic mass is 10.1. The first-order valence-corrected chi connectivity index (χ1v) is 7.50. The van der Waals surface area contributed by atoms with Gasteiger partial charge in [0.1, 0.15) is 0 Å². The van der Waals surface area contributed by atoms with Crippen molar-refractivity contribution in [1.29, 1.82) is 0 Å². The van der Waals surface area contributed by atoms with Crippen molar-refractivity contribution in [2.45, 2.75) is 51.7 Å². The van der Waals surface area contributed by atoms with Crippen molar-refractivity contribution in [2.24, 2.45) is 5.92 Å². The number of thiophene rings is 1. The minimum atomic E-state index is -0.0504. The van der Waals surface area contributed by atoms with Crippen LogP contribution >= 0.6 is 11.3 Å². The molecule has 1 aromatic heterocycles. The number of aliphatic hydroxyl groups excluding tert-OH is 1. The first kappa shape index (κ1) is 13.1. The predicted molar refractivity (Wildman–Crippen MR) is 73.5 cm³/mol. The van der Waals surface area contributed by atoms with Crippen LogP contribution in [0.3, 0.4) is 0 Å². The van der Waals surface area contributed by atoms with E-state index in [1.165, 1.54) is 16.2 Å². The molecule has 1 aliphatic rings. The van der Waals surface area contributed by atoms with Crippen LogP contribution in [0.4, 0.5) is 0 Å². The number of hydrogen-bond acceptors (Lipinski definition) is 3. The maximum absolute atomic E-state index is 9.49. The van der Waals surface area contributed by atoms with Crippen molar-refractivity contribution in [3.63, 3.8) is 0 Å². The lowest BCUT2D eigenvalue weighted by molar-refractivity contribution is 0.177. The number of nitrogens with one attached hydrogen (secondary N) is 1. The number of aliphatic hydroxyl groups is 1. The van der Waals surface area contributed by atoms with Gasteiger partial charge in [-0.15, -0.1) is 11.3 Å². The second-order valence-corrected chi connectivity index (χ2v) is 6.32. The topological polar surface area (TPSA) is 32.3 Å². The van der Waals surface area contributed by atoms with Gasteiger partial charge in [-0.05, 0) is 57.2 Å². The molecule has 96 valence electrons. The van der Waals surface area contributed by atoms with Crippen LogP contribution in [-0.2, 0) is 6.42 Å². The van der Waals surface area contributed by atoms with Crippen LogP contribution in [0.15, 0.2) is 12.1 Å². The van der Waals surface area contributed by atoms with Gasteiger partial charge in [-0.3, -0.25) is 0 Å². The maximum atomic E-state index is 9.49. The van der Waals surface area contributed by atoms with Crippen molar-refractivity contribution in [3.8, 4) is 0 Å². The number of aryl methyl sites for hydroxylation is 1. The fourth-order valence-electron chi connectivity index (χ4n) is 2.50. The summed E-state index contributed by atoms with van der Waals surface area (Å²) in [6.07, 6.45) is 4.22. The third-order valence-corrected chi connectivity index (χ3v) is 5.10. The zero-order valence-electron chi connectivity index (χ0n) is 10.8. The zero-order chi connectivity index (χ0) is 12.3. The molecule has 0 bridgehead atoms. The Bertz CT molecular complexity index is 350. The van der Waals surface area contributed by atoms with E-state index in [4.69, 9.17) is 0 Å². The first-order valence-electron chi connectivity index (χ1n) is 6.69. The summed E-state index contributed by atoms with van der Waals surface area (Å²) >= 11 is 1.91. The monoisotopic (exact) mass is 253 g/mol. The molecule has 2 N–H and O–H groups in total. The molecule has 3 atom stereocenters. The molecule has 2 rings (SSSR count). The van der Waals surface area contributed by atoms with E-state index in [0.717, 1.165) is 25.8 Å². The van der Waals surface area contributed by atoms with Crippen molar-refractivity contribution < 1.29 is 5.11 Å². The van der Waals surface area contributed by atoms with Crippen LogP contribution in [0.25, 0.3) is 0 Å². The van der Waals surface area contributed by atoms with E-state index < -0.39 is 0 Å². The van der Waals surface area contributed by atoms with Crippen LogP contribution in [0.2, 0.25) is 0 Å². The largest absolute Gasteiger partial charge is 0.393 e. The standard InChI is InChI=1S/C14H23NOS/c1-3-13-6-7-14(17-13)10(2)15-9-11-4-5-12(16)8-11/h6-7,10-12,15-16H,3-5,8-9H2,1-2H3. The van der Waals surface area contributed by atoms with Gasteiger partial charge in [-0.25, -0.2) is 0 Å². The van der Waals surface area contributed by atoms with E-state index in [1.54, 1.807) is 0 Å². The van der Waals surface area contributed by atoms with E-state index in [1.807, 2.05) is 11.3 Å². The minimum Gasteiger partial charge on any atom is -0.393 e. The Balaban J connectivity index is 1.78. The Morgan fingerprint density at radius 1 is 1.47 bits per heavy atom. The van der Waals surface area contributed by atoms with E-state index in [2.05, 4.69) is 31.3 Å². The second-order valence-electron chi connectivity index (χ2n) is 5.12. The van der Waals surface area contributed by atoms with Gasteiger partial charge >= 0.3 is 0 Å². The number of rotatable bonds is 5. The van der Waals surface area contributed by atoms with Crippen molar-refractivity contribution in [2.75, 3.05) is 6.54 Å². The average Bonchev–Trinajstić information content (AvgIpc) is 2.94. The molecule has 3 unspecified atom stereocenters. The van der Waals surface area contributed by atoms with Gasteiger partial charge in [0.05, 0.1) is 6.10 Å². The van der Waals surface area contributed by atoms with Gasteiger partial charge in [0, 0.05) is 15.8 Å². The second kappa shape index (κ2) is 5.98. The Hall–Kier alpha value is -0.380. The molecular weight excluding hydrogens is 230 g/mol. The number of hydrogen-bond donors (Lipinski definition) is 2. The summed E-state index contributed by atoms with van der Waals surface area (Å²) in [6, 6.07) is 4.92. The van der Waals surface area contributed by atoms with Gasteiger partial charge in [-0.1, -0.05) is 6.92 Å². The maximum Gasteiger partial charge on any atom is 0.0543 e. The van der Waals surface area contributed by atoms with Crippen molar-refractivity contribution >= 4 is 11.3 Å². The quantitative estimate of drug-likeness (QED) is 0.845. The first-order chi connectivity index (χ1) is 8.19. The van der Waals surface area contributed by atoms with E-state index in [0.29, 0.717) is 12.0 Å². The summed E-state index contributed by atoms with van der Waals surface area (Å²) in [5, 5.41) is 13.1. The predicted octanol–water partition coefficient (Wildman–Crippen LogP) is 3.12. The molecule has 1 saturated carbocycles. The van der Waals surface area contributed by atoms with Gasteiger partial charge in [0.2, 0.25) is 0 Å². The van der Waals surface area contributed by atoms with E-state index in [-0.39, 0.29) is 6.10 Å².